The van der Waals surface area contributed by atoms with Crippen LogP contribution in [0.5, 0.6) is 11.5 Å². The second-order valence-electron chi connectivity index (χ2n) is 6.62. The molecule has 0 saturated heterocycles. The number of methoxy groups -OCH3 is 2. The molecule has 1 N–H and O–H groups in total. The molecule has 0 aliphatic carbocycles. The Labute approximate surface area is 164 Å². The van der Waals surface area contributed by atoms with Gasteiger partial charge >= 0.3 is 6.03 Å². The lowest BCUT2D eigenvalue weighted by molar-refractivity contribution is 0.205. The van der Waals surface area contributed by atoms with Crippen molar-refractivity contribution in [2.24, 2.45) is 0 Å². The summed E-state index contributed by atoms with van der Waals surface area (Å²) >= 11 is 0. The predicted molar refractivity (Wildman–Crippen MR) is 104 cm³/mol. The highest BCUT2D eigenvalue weighted by molar-refractivity contribution is 5.74. The van der Waals surface area contributed by atoms with Gasteiger partial charge < -0.3 is 19.7 Å². The van der Waals surface area contributed by atoms with Gasteiger partial charge in [-0.05, 0) is 49.6 Å². The van der Waals surface area contributed by atoms with Crippen molar-refractivity contribution < 1.29 is 23.0 Å². The molecule has 2 amide bonds. The molecule has 2 rings (SSSR count). The molecule has 1 unspecified atom stereocenters. The first-order chi connectivity index (χ1) is 13.3. The van der Waals surface area contributed by atoms with E-state index in [2.05, 4.69) is 5.32 Å². The smallest absolute Gasteiger partial charge is 0.317 e. The molecule has 1 atom stereocenters. The predicted octanol–water partition coefficient (Wildman–Crippen LogP) is 3.80. The van der Waals surface area contributed by atoms with E-state index in [1.165, 1.54) is 23.1 Å². The van der Waals surface area contributed by atoms with Crippen LogP contribution in [0.15, 0.2) is 36.4 Å². The molecule has 0 bridgehead atoms. The minimum absolute atomic E-state index is 0.0247. The van der Waals surface area contributed by atoms with Crippen LogP contribution in [0.3, 0.4) is 0 Å². The third-order valence-corrected chi connectivity index (χ3v) is 4.47. The van der Waals surface area contributed by atoms with E-state index >= 15 is 0 Å². The molecule has 0 aliphatic rings. The molecule has 5 nitrogen and oxygen atoms in total. The molecule has 152 valence electrons. The Balaban J connectivity index is 1.88. The number of amides is 2. The van der Waals surface area contributed by atoms with Gasteiger partial charge in [0.15, 0.2) is 11.5 Å². The summed E-state index contributed by atoms with van der Waals surface area (Å²) in [5, 5.41) is 2.77. The van der Waals surface area contributed by atoms with Crippen molar-refractivity contribution in [3.63, 3.8) is 0 Å². The standard InChI is InChI=1S/C21H26F2N2O3/c1-14(12-16-17(22)6-5-7-18(16)23)24-21(26)25(2)11-10-15-8-9-19(27-3)20(13-15)28-4/h5-9,13-14H,10-12H2,1-4H3,(H,24,26). The minimum atomic E-state index is -0.608. The quantitative estimate of drug-likeness (QED) is 0.744. The number of likely N-dealkylation sites (N-methyl/N-ethyl adjacent to an activating group) is 1. The Morgan fingerprint density at radius 2 is 1.75 bits per heavy atom. The average molecular weight is 392 g/mol. The number of nitrogens with one attached hydrogen (secondary N) is 1. The summed E-state index contributed by atoms with van der Waals surface area (Å²) in [6.07, 6.45) is 0.703. The summed E-state index contributed by atoms with van der Waals surface area (Å²) in [5.41, 5.74) is 0.974. The lowest BCUT2D eigenvalue weighted by atomic mass is 10.1. The number of hydrogen-bond acceptors (Lipinski definition) is 3. The normalized spacial score (nSPS) is 11.6. The maximum atomic E-state index is 13.7. The van der Waals surface area contributed by atoms with Crippen LogP contribution in [-0.2, 0) is 12.8 Å². The molecular weight excluding hydrogens is 366 g/mol. The fraction of sp³-hybridized carbons (Fsp3) is 0.381. The first kappa shape index (κ1) is 21.5. The number of carbonyl (C=O) groups excluding carboxylic acids is 1. The summed E-state index contributed by atoms with van der Waals surface area (Å²) in [6.45, 7) is 2.19. The van der Waals surface area contributed by atoms with Crippen LogP contribution < -0.4 is 14.8 Å². The molecule has 0 aromatic heterocycles. The molecule has 2 aromatic carbocycles. The molecule has 0 fully saturated rings. The lowest BCUT2D eigenvalue weighted by Crippen LogP contribution is -2.43. The SMILES string of the molecule is COc1ccc(CCN(C)C(=O)NC(C)Cc2c(F)cccc2F)cc1OC. The van der Waals surface area contributed by atoms with Crippen molar-refractivity contribution in [2.45, 2.75) is 25.8 Å². The van der Waals surface area contributed by atoms with Crippen molar-refractivity contribution in [2.75, 3.05) is 27.8 Å². The number of carbonyl (C=O) groups is 1. The van der Waals surface area contributed by atoms with E-state index in [0.717, 1.165) is 5.56 Å². The van der Waals surface area contributed by atoms with Crippen LogP contribution in [0.4, 0.5) is 13.6 Å². The first-order valence-corrected chi connectivity index (χ1v) is 9.01. The van der Waals surface area contributed by atoms with Gasteiger partial charge in [-0.2, -0.15) is 0 Å². The third-order valence-electron chi connectivity index (χ3n) is 4.47. The van der Waals surface area contributed by atoms with Gasteiger partial charge in [0.25, 0.3) is 0 Å². The van der Waals surface area contributed by atoms with E-state index in [4.69, 9.17) is 9.47 Å². The summed E-state index contributed by atoms with van der Waals surface area (Å²) < 4.78 is 38.0. The topological polar surface area (TPSA) is 50.8 Å². The van der Waals surface area contributed by atoms with Crippen LogP contribution in [0.2, 0.25) is 0 Å². The molecular formula is C21H26F2N2O3. The number of nitrogens with zero attached hydrogens (tertiary/aromatic N) is 1. The second kappa shape index (κ2) is 9.92. The number of urea groups is 1. The zero-order valence-electron chi connectivity index (χ0n) is 16.6. The Morgan fingerprint density at radius 3 is 2.36 bits per heavy atom. The maximum Gasteiger partial charge on any atom is 0.317 e. The molecule has 7 heteroatoms. The average Bonchev–Trinajstić information content (AvgIpc) is 2.68. The summed E-state index contributed by atoms with van der Waals surface area (Å²) in [4.78, 5) is 13.9. The highest BCUT2D eigenvalue weighted by Crippen LogP contribution is 2.27. The Bertz CT molecular complexity index is 794. The van der Waals surface area contributed by atoms with Crippen LogP contribution in [0.1, 0.15) is 18.1 Å². The van der Waals surface area contributed by atoms with Crippen LogP contribution in [-0.4, -0.2) is 44.8 Å². The molecule has 0 saturated carbocycles. The Morgan fingerprint density at radius 1 is 1.11 bits per heavy atom. The monoisotopic (exact) mass is 392 g/mol. The van der Waals surface area contributed by atoms with Gasteiger partial charge in [0, 0.05) is 25.2 Å². The van der Waals surface area contributed by atoms with E-state index in [-0.39, 0.29) is 18.0 Å². The Hall–Kier alpha value is -2.83. The highest BCUT2D eigenvalue weighted by Gasteiger charge is 2.16. The Kier molecular flexibility index (Phi) is 7.61. The van der Waals surface area contributed by atoms with Gasteiger partial charge in [0.2, 0.25) is 0 Å². The van der Waals surface area contributed by atoms with E-state index in [1.54, 1.807) is 28.2 Å². The van der Waals surface area contributed by atoms with Gasteiger partial charge in [-0.1, -0.05) is 12.1 Å². The molecule has 0 aliphatic heterocycles. The second-order valence-corrected chi connectivity index (χ2v) is 6.62. The zero-order chi connectivity index (χ0) is 20.7. The van der Waals surface area contributed by atoms with Crippen LogP contribution in [0.25, 0.3) is 0 Å². The number of rotatable bonds is 8. The van der Waals surface area contributed by atoms with Gasteiger partial charge in [-0.15, -0.1) is 0 Å². The van der Waals surface area contributed by atoms with Crippen molar-refractivity contribution in [3.05, 3.63) is 59.2 Å². The van der Waals surface area contributed by atoms with Crippen LogP contribution >= 0.6 is 0 Å². The number of halogens is 2. The fourth-order valence-corrected chi connectivity index (χ4v) is 2.84. The lowest BCUT2D eigenvalue weighted by Gasteiger charge is -2.22. The van der Waals surface area contributed by atoms with Gasteiger partial charge in [-0.3, -0.25) is 0 Å². The molecule has 28 heavy (non-hydrogen) atoms. The number of hydrogen-bond donors (Lipinski definition) is 1. The fourth-order valence-electron chi connectivity index (χ4n) is 2.84. The molecule has 0 radical (unpaired) electrons. The van der Waals surface area contributed by atoms with Gasteiger partial charge in [0.1, 0.15) is 11.6 Å². The molecule has 0 heterocycles. The van der Waals surface area contributed by atoms with Gasteiger partial charge in [0.05, 0.1) is 14.2 Å². The number of benzene rings is 2. The molecule has 2 aromatic rings. The van der Waals surface area contributed by atoms with Crippen LogP contribution in [0, 0.1) is 11.6 Å². The van der Waals surface area contributed by atoms with Crippen molar-refractivity contribution >= 4 is 6.03 Å². The first-order valence-electron chi connectivity index (χ1n) is 9.01. The molecule has 0 spiro atoms. The zero-order valence-corrected chi connectivity index (χ0v) is 16.6. The largest absolute Gasteiger partial charge is 0.493 e. The summed E-state index contributed by atoms with van der Waals surface area (Å²) in [6, 6.07) is 8.63. The van der Waals surface area contributed by atoms with E-state index in [1.807, 2.05) is 18.2 Å². The highest BCUT2D eigenvalue weighted by atomic mass is 19.1. The minimum Gasteiger partial charge on any atom is -0.493 e. The number of ether oxygens (including phenoxy) is 2. The van der Waals surface area contributed by atoms with E-state index < -0.39 is 17.7 Å². The van der Waals surface area contributed by atoms with Crippen molar-refractivity contribution in [3.8, 4) is 11.5 Å². The summed E-state index contributed by atoms with van der Waals surface area (Å²) in [7, 11) is 4.82. The van der Waals surface area contributed by atoms with Crippen molar-refractivity contribution in [1.29, 1.82) is 0 Å². The van der Waals surface area contributed by atoms with E-state index in [9.17, 15) is 13.6 Å². The van der Waals surface area contributed by atoms with Gasteiger partial charge in [-0.25, -0.2) is 13.6 Å². The van der Waals surface area contributed by atoms with E-state index in [0.29, 0.717) is 24.5 Å². The summed E-state index contributed by atoms with van der Waals surface area (Å²) in [5.74, 6) is 0.0602. The maximum absolute atomic E-state index is 13.7. The third kappa shape index (κ3) is 5.58. The van der Waals surface area contributed by atoms with Crippen molar-refractivity contribution in [1.82, 2.24) is 10.2 Å².